The zero-order chi connectivity index (χ0) is 20.1. The predicted molar refractivity (Wildman–Crippen MR) is 113 cm³/mol. The van der Waals surface area contributed by atoms with Crippen LogP contribution in [0.3, 0.4) is 0 Å². The molecular weight excluding hydrogens is 384 g/mol. The van der Waals surface area contributed by atoms with Crippen molar-refractivity contribution in [3.63, 3.8) is 0 Å². The molecule has 0 N–H and O–H groups in total. The maximum Gasteiger partial charge on any atom is 0.226 e. The van der Waals surface area contributed by atoms with Gasteiger partial charge >= 0.3 is 0 Å². The number of aryl methyl sites for hydroxylation is 4. The summed E-state index contributed by atoms with van der Waals surface area (Å²) < 4.78 is 13.8. The van der Waals surface area contributed by atoms with Gasteiger partial charge in [-0.15, -0.1) is 10.2 Å². The van der Waals surface area contributed by atoms with Crippen molar-refractivity contribution in [1.82, 2.24) is 19.6 Å². The van der Waals surface area contributed by atoms with E-state index in [4.69, 9.17) is 13.8 Å². The van der Waals surface area contributed by atoms with E-state index in [9.17, 15) is 0 Å². The summed E-state index contributed by atoms with van der Waals surface area (Å²) >= 11 is 1.60. The first-order chi connectivity index (χ1) is 14.0. The molecule has 1 aromatic carbocycles. The van der Waals surface area contributed by atoms with Crippen LogP contribution >= 0.6 is 11.8 Å². The van der Waals surface area contributed by atoms with E-state index >= 15 is 0 Å². The van der Waals surface area contributed by atoms with Crippen molar-refractivity contribution in [3.05, 3.63) is 65.0 Å². The average molecular weight is 404 g/mol. The molecule has 0 fully saturated rings. The molecule has 0 aliphatic carbocycles. The van der Waals surface area contributed by atoms with Gasteiger partial charge in [0.05, 0.1) is 16.7 Å². The van der Waals surface area contributed by atoms with E-state index in [0.29, 0.717) is 11.6 Å². The van der Waals surface area contributed by atoms with E-state index in [1.165, 1.54) is 5.56 Å². The van der Waals surface area contributed by atoms with Crippen molar-refractivity contribution in [2.24, 2.45) is 0 Å². The van der Waals surface area contributed by atoms with Crippen LogP contribution in [-0.2, 0) is 5.75 Å². The van der Waals surface area contributed by atoms with E-state index in [0.717, 1.165) is 50.2 Å². The Morgan fingerprint density at radius 1 is 0.966 bits per heavy atom. The molecule has 0 aliphatic heterocycles. The largest absolute Gasteiger partial charge is 0.460 e. The molecule has 29 heavy (non-hydrogen) atoms. The number of hydrogen-bond donors (Lipinski definition) is 0. The van der Waals surface area contributed by atoms with Gasteiger partial charge in [-0.05, 0) is 39.8 Å². The lowest BCUT2D eigenvalue weighted by molar-refractivity contribution is 0.540. The number of hydrogen-bond acceptors (Lipinski definition) is 6. The molecule has 5 aromatic rings. The summed E-state index contributed by atoms with van der Waals surface area (Å²) in [6.45, 7) is 7.91. The van der Waals surface area contributed by atoms with Gasteiger partial charge in [-0.3, -0.25) is 4.40 Å². The van der Waals surface area contributed by atoms with Crippen LogP contribution in [0.25, 0.3) is 28.1 Å². The van der Waals surface area contributed by atoms with Crippen LogP contribution in [0.1, 0.15) is 28.6 Å². The number of nitrogens with zero attached hydrogens (tertiary/aromatic N) is 4. The highest BCUT2D eigenvalue weighted by Gasteiger charge is 2.17. The Morgan fingerprint density at radius 2 is 1.83 bits per heavy atom. The number of rotatable bonds is 4. The normalized spacial score (nSPS) is 11.7. The van der Waals surface area contributed by atoms with E-state index in [1.807, 2.05) is 45.0 Å². The minimum absolute atomic E-state index is 0.651. The third-order valence-electron chi connectivity index (χ3n) is 4.94. The Labute approximate surface area is 172 Å². The van der Waals surface area contributed by atoms with Gasteiger partial charge in [0, 0.05) is 23.4 Å². The van der Waals surface area contributed by atoms with Crippen LogP contribution < -0.4 is 0 Å². The van der Waals surface area contributed by atoms with E-state index in [2.05, 4.69) is 33.7 Å². The highest BCUT2D eigenvalue weighted by Crippen LogP contribution is 2.32. The lowest BCUT2D eigenvalue weighted by Gasteiger charge is -2.04. The Balaban J connectivity index is 1.47. The molecule has 4 heterocycles. The van der Waals surface area contributed by atoms with Crippen molar-refractivity contribution in [2.75, 3.05) is 0 Å². The van der Waals surface area contributed by atoms with Crippen LogP contribution in [0.4, 0.5) is 0 Å². The van der Waals surface area contributed by atoms with Crippen molar-refractivity contribution < 1.29 is 8.83 Å². The van der Waals surface area contributed by atoms with Crippen LogP contribution in [0, 0.1) is 27.7 Å². The molecular formula is C22H20N4O2S. The summed E-state index contributed by atoms with van der Waals surface area (Å²) in [6.07, 6.45) is 0. The number of furan rings is 1. The van der Waals surface area contributed by atoms with Crippen LogP contribution in [0.5, 0.6) is 0 Å². The topological polar surface area (TPSA) is 69.4 Å². The van der Waals surface area contributed by atoms with Crippen LogP contribution in [0.15, 0.2) is 50.3 Å². The first-order valence-corrected chi connectivity index (χ1v) is 10.4. The minimum Gasteiger partial charge on any atom is -0.460 e. The molecule has 7 heteroatoms. The Hall–Kier alpha value is -3.06. The fourth-order valence-corrected chi connectivity index (χ4v) is 4.48. The Kier molecular flexibility index (Phi) is 4.20. The molecule has 0 saturated heterocycles. The zero-order valence-electron chi connectivity index (χ0n) is 16.7. The predicted octanol–water partition coefficient (Wildman–Crippen LogP) is 5.66. The molecule has 0 atom stereocenters. The lowest BCUT2D eigenvalue weighted by Crippen LogP contribution is -2.00. The fourth-order valence-electron chi connectivity index (χ4n) is 3.54. The third kappa shape index (κ3) is 3.11. The molecule has 0 amide bonds. The summed E-state index contributed by atoms with van der Waals surface area (Å²) in [7, 11) is 0. The van der Waals surface area contributed by atoms with Crippen molar-refractivity contribution >= 4 is 28.4 Å². The Morgan fingerprint density at radius 3 is 2.66 bits per heavy atom. The molecule has 0 saturated carbocycles. The van der Waals surface area contributed by atoms with Gasteiger partial charge in [-0.1, -0.05) is 29.5 Å². The first-order valence-electron chi connectivity index (χ1n) is 9.40. The molecule has 146 valence electrons. The maximum absolute atomic E-state index is 5.92. The summed E-state index contributed by atoms with van der Waals surface area (Å²) in [4.78, 5) is 4.72. The van der Waals surface area contributed by atoms with Crippen LogP contribution in [-0.4, -0.2) is 19.6 Å². The van der Waals surface area contributed by atoms with Gasteiger partial charge in [0.1, 0.15) is 22.4 Å². The number of thioether (sulfide) groups is 1. The SMILES string of the molecule is Cc1cccc(-c2nc(CSc3nnc(C)n4c3cc3oc(C)cc34)c(C)o2)c1. The number of aromatic nitrogens is 4. The minimum atomic E-state index is 0.651. The second-order valence-corrected chi connectivity index (χ2v) is 8.17. The van der Waals surface area contributed by atoms with Gasteiger partial charge in [0.2, 0.25) is 5.89 Å². The lowest BCUT2D eigenvalue weighted by atomic mass is 10.1. The molecule has 4 aromatic heterocycles. The summed E-state index contributed by atoms with van der Waals surface area (Å²) in [5.41, 5.74) is 5.95. The highest BCUT2D eigenvalue weighted by molar-refractivity contribution is 7.98. The molecule has 0 bridgehead atoms. The standard InChI is InChI=1S/C22H20N4O2S/c1-12-6-5-7-16(8-12)21-23-17(14(3)28-21)11-29-22-19-10-20-18(9-13(2)27-20)26(19)15(4)24-25-22/h5-10H,11H2,1-4H3. The summed E-state index contributed by atoms with van der Waals surface area (Å²) in [5, 5.41) is 9.61. The van der Waals surface area contributed by atoms with Gasteiger partial charge in [0.25, 0.3) is 0 Å². The molecule has 0 spiro atoms. The first kappa shape index (κ1) is 18.0. The van der Waals surface area contributed by atoms with E-state index < -0.39 is 0 Å². The number of fused-ring (bicyclic) bond motifs is 3. The second kappa shape index (κ2) is 6.77. The number of benzene rings is 1. The molecule has 6 nitrogen and oxygen atoms in total. The monoisotopic (exact) mass is 404 g/mol. The maximum atomic E-state index is 5.92. The van der Waals surface area contributed by atoms with Gasteiger partial charge in [-0.2, -0.15) is 0 Å². The Bertz CT molecular complexity index is 1360. The summed E-state index contributed by atoms with van der Waals surface area (Å²) in [5.74, 6) is 3.85. The van der Waals surface area contributed by atoms with Crippen molar-refractivity contribution in [1.29, 1.82) is 0 Å². The van der Waals surface area contributed by atoms with Gasteiger partial charge < -0.3 is 8.83 Å². The van der Waals surface area contributed by atoms with Gasteiger partial charge in [0.15, 0.2) is 5.58 Å². The van der Waals surface area contributed by atoms with Gasteiger partial charge in [-0.25, -0.2) is 4.98 Å². The zero-order valence-corrected chi connectivity index (χ0v) is 17.5. The molecule has 0 aliphatic rings. The molecule has 0 unspecified atom stereocenters. The highest BCUT2D eigenvalue weighted by atomic mass is 32.2. The second-order valence-electron chi connectivity index (χ2n) is 7.20. The summed E-state index contributed by atoms with van der Waals surface area (Å²) in [6, 6.07) is 12.2. The van der Waals surface area contributed by atoms with Crippen LogP contribution in [0.2, 0.25) is 0 Å². The molecule has 5 rings (SSSR count). The average Bonchev–Trinajstić information content (AvgIpc) is 3.33. The fraction of sp³-hybridized carbons (Fsp3) is 0.227. The smallest absolute Gasteiger partial charge is 0.226 e. The van der Waals surface area contributed by atoms with Crippen molar-refractivity contribution in [3.8, 4) is 11.5 Å². The quantitative estimate of drug-likeness (QED) is 0.360. The third-order valence-corrected chi connectivity index (χ3v) is 5.93. The van der Waals surface area contributed by atoms with E-state index in [-0.39, 0.29) is 0 Å². The number of oxazole rings is 1. The van der Waals surface area contributed by atoms with E-state index in [1.54, 1.807) is 11.8 Å². The molecule has 0 radical (unpaired) electrons. The van der Waals surface area contributed by atoms with Crippen molar-refractivity contribution in [2.45, 2.75) is 38.5 Å².